The number of phenols is 1. The lowest BCUT2D eigenvalue weighted by molar-refractivity contribution is 0.156. The molecule has 2 N–H and O–H groups in total. The summed E-state index contributed by atoms with van der Waals surface area (Å²) >= 11 is 5.89. The van der Waals surface area contributed by atoms with E-state index in [2.05, 4.69) is 12.2 Å². The molecule has 0 aromatic heterocycles. The Bertz CT molecular complexity index is 374. The quantitative estimate of drug-likeness (QED) is 0.845. The molecule has 1 aliphatic carbocycles. The van der Waals surface area contributed by atoms with Crippen LogP contribution >= 0.6 is 11.6 Å². The maximum Gasteiger partial charge on any atom is 0.120 e. The minimum absolute atomic E-state index is 0.315. The summed E-state index contributed by atoms with van der Waals surface area (Å²) in [5, 5.41) is 13.7. The monoisotopic (exact) mass is 239 g/mol. The zero-order valence-corrected chi connectivity index (χ0v) is 10.3. The molecule has 1 aliphatic rings. The van der Waals surface area contributed by atoms with E-state index in [1.165, 1.54) is 19.3 Å². The maximum absolute atomic E-state index is 9.64. The fraction of sp³-hybridized carbons (Fsp3) is 0.538. The first-order valence-corrected chi connectivity index (χ1v) is 6.15. The van der Waals surface area contributed by atoms with Gasteiger partial charge in [-0.2, -0.15) is 0 Å². The lowest BCUT2D eigenvalue weighted by Gasteiger charge is -2.38. The van der Waals surface area contributed by atoms with Gasteiger partial charge >= 0.3 is 0 Å². The molecule has 0 amide bonds. The van der Waals surface area contributed by atoms with Crippen LogP contribution in [0.25, 0.3) is 0 Å². The van der Waals surface area contributed by atoms with Crippen molar-refractivity contribution in [2.75, 3.05) is 6.54 Å². The topological polar surface area (TPSA) is 32.3 Å². The minimum Gasteiger partial charge on any atom is -0.508 e. The van der Waals surface area contributed by atoms with Gasteiger partial charge in [0.15, 0.2) is 0 Å². The highest BCUT2D eigenvalue weighted by Crippen LogP contribution is 2.39. The molecule has 0 aliphatic heterocycles. The Morgan fingerprint density at radius 1 is 1.44 bits per heavy atom. The summed E-state index contributed by atoms with van der Waals surface area (Å²) in [5.41, 5.74) is 1.34. The van der Waals surface area contributed by atoms with E-state index >= 15 is 0 Å². The van der Waals surface area contributed by atoms with Crippen molar-refractivity contribution in [3.8, 4) is 5.75 Å². The minimum atomic E-state index is 0.315. The van der Waals surface area contributed by atoms with Crippen LogP contribution in [0.15, 0.2) is 18.2 Å². The molecular weight excluding hydrogens is 222 g/mol. The summed E-state index contributed by atoms with van der Waals surface area (Å²) in [4.78, 5) is 0. The van der Waals surface area contributed by atoms with Crippen LogP contribution < -0.4 is 5.32 Å². The molecule has 1 fully saturated rings. The molecule has 0 atom stereocenters. The molecule has 1 saturated carbocycles. The highest BCUT2D eigenvalue weighted by Gasteiger charge is 2.30. The van der Waals surface area contributed by atoms with E-state index in [9.17, 15) is 5.11 Å². The predicted octanol–water partition coefficient (Wildman–Crippen LogP) is 3.33. The zero-order valence-electron chi connectivity index (χ0n) is 9.59. The fourth-order valence-corrected chi connectivity index (χ4v) is 2.35. The zero-order chi connectivity index (χ0) is 11.6. The second kappa shape index (κ2) is 4.64. The van der Waals surface area contributed by atoms with Crippen molar-refractivity contribution in [2.45, 2.75) is 32.7 Å². The first kappa shape index (κ1) is 11.7. The molecule has 0 unspecified atom stereocenters. The number of rotatable bonds is 4. The van der Waals surface area contributed by atoms with Gasteiger partial charge in [0.1, 0.15) is 5.75 Å². The summed E-state index contributed by atoms with van der Waals surface area (Å²) in [6, 6.07) is 5.16. The molecule has 16 heavy (non-hydrogen) atoms. The van der Waals surface area contributed by atoms with Gasteiger partial charge in [-0.1, -0.05) is 24.9 Å². The number of halogens is 1. The van der Waals surface area contributed by atoms with Crippen molar-refractivity contribution in [3.05, 3.63) is 28.8 Å². The predicted molar refractivity (Wildman–Crippen MR) is 66.8 cm³/mol. The highest BCUT2D eigenvalue weighted by molar-refractivity contribution is 6.30. The van der Waals surface area contributed by atoms with Gasteiger partial charge in [-0.3, -0.25) is 0 Å². The third-order valence-electron chi connectivity index (χ3n) is 3.47. The van der Waals surface area contributed by atoms with E-state index in [1.54, 1.807) is 12.1 Å². The average molecular weight is 240 g/mol. The molecule has 0 bridgehead atoms. The summed E-state index contributed by atoms with van der Waals surface area (Å²) in [5.74, 6) is 0.315. The number of nitrogens with one attached hydrogen (secondary N) is 1. The third-order valence-corrected chi connectivity index (χ3v) is 3.70. The standard InChI is InChI=1S/C13H18ClNO/c1-13(5-2-6-13)9-15-8-10-7-11(14)3-4-12(10)16/h3-4,7,15-16H,2,5-6,8-9H2,1H3. The number of hydrogen-bond acceptors (Lipinski definition) is 2. The molecule has 0 saturated heterocycles. The van der Waals surface area contributed by atoms with Crippen LogP contribution in [0.3, 0.4) is 0 Å². The molecule has 88 valence electrons. The summed E-state index contributed by atoms with van der Waals surface area (Å²) in [6.45, 7) is 4.00. The van der Waals surface area contributed by atoms with Crippen molar-refractivity contribution < 1.29 is 5.11 Å². The first-order chi connectivity index (χ1) is 7.59. The van der Waals surface area contributed by atoms with E-state index in [-0.39, 0.29) is 0 Å². The Balaban J connectivity index is 1.87. The molecule has 1 aromatic rings. The van der Waals surface area contributed by atoms with Crippen LogP contribution in [0.2, 0.25) is 5.02 Å². The first-order valence-electron chi connectivity index (χ1n) is 5.77. The van der Waals surface area contributed by atoms with Gasteiger partial charge in [0.2, 0.25) is 0 Å². The summed E-state index contributed by atoms with van der Waals surface area (Å²) in [6.07, 6.45) is 3.96. The second-order valence-electron chi connectivity index (χ2n) is 5.04. The van der Waals surface area contributed by atoms with Crippen LogP contribution in [0, 0.1) is 5.41 Å². The average Bonchev–Trinajstić information content (AvgIpc) is 2.21. The van der Waals surface area contributed by atoms with Crippen molar-refractivity contribution in [3.63, 3.8) is 0 Å². The Hall–Kier alpha value is -0.730. The number of hydrogen-bond donors (Lipinski definition) is 2. The van der Waals surface area contributed by atoms with E-state index in [4.69, 9.17) is 11.6 Å². The maximum atomic E-state index is 9.64. The van der Waals surface area contributed by atoms with E-state index in [1.807, 2.05) is 6.07 Å². The van der Waals surface area contributed by atoms with Crippen molar-refractivity contribution >= 4 is 11.6 Å². The smallest absolute Gasteiger partial charge is 0.120 e. The SMILES string of the molecule is CC1(CNCc2cc(Cl)ccc2O)CCC1. The molecule has 0 spiro atoms. The molecule has 0 radical (unpaired) electrons. The van der Waals surface area contributed by atoms with Crippen molar-refractivity contribution in [1.29, 1.82) is 0 Å². The summed E-state index contributed by atoms with van der Waals surface area (Å²) in [7, 11) is 0. The van der Waals surface area contributed by atoms with Crippen LogP contribution in [0.1, 0.15) is 31.7 Å². The van der Waals surface area contributed by atoms with Crippen LogP contribution in [0.5, 0.6) is 5.75 Å². The molecule has 2 nitrogen and oxygen atoms in total. The molecule has 1 aromatic carbocycles. The summed E-state index contributed by atoms with van der Waals surface area (Å²) < 4.78 is 0. The normalized spacial score (nSPS) is 18.1. The number of aromatic hydroxyl groups is 1. The van der Waals surface area contributed by atoms with Gasteiger partial charge in [0, 0.05) is 23.7 Å². The van der Waals surface area contributed by atoms with Crippen LogP contribution in [0.4, 0.5) is 0 Å². The largest absolute Gasteiger partial charge is 0.508 e. The molecular formula is C13H18ClNO. The van der Waals surface area contributed by atoms with Gasteiger partial charge in [-0.25, -0.2) is 0 Å². The third kappa shape index (κ3) is 2.69. The fourth-order valence-electron chi connectivity index (χ4n) is 2.15. The van der Waals surface area contributed by atoms with E-state index in [0.717, 1.165) is 12.1 Å². The Labute approximate surface area is 102 Å². The molecule has 3 heteroatoms. The second-order valence-corrected chi connectivity index (χ2v) is 5.48. The van der Waals surface area contributed by atoms with Gasteiger partial charge in [-0.05, 0) is 36.5 Å². The Kier molecular flexibility index (Phi) is 3.41. The van der Waals surface area contributed by atoms with Crippen molar-refractivity contribution in [1.82, 2.24) is 5.32 Å². The lowest BCUT2D eigenvalue weighted by atomic mass is 9.70. The van der Waals surface area contributed by atoms with Crippen LogP contribution in [-0.4, -0.2) is 11.7 Å². The Morgan fingerprint density at radius 3 is 2.81 bits per heavy atom. The number of phenolic OH excluding ortho intramolecular Hbond substituents is 1. The van der Waals surface area contributed by atoms with E-state index < -0.39 is 0 Å². The molecule has 2 rings (SSSR count). The number of benzene rings is 1. The molecule has 0 heterocycles. The van der Waals surface area contributed by atoms with Gasteiger partial charge in [0.05, 0.1) is 0 Å². The highest BCUT2D eigenvalue weighted by atomic mass is 35.5. The Morgan fingerprint density at radius 2 is 2.19 bits per heavy atom. The lowest BCUT2D eigenvalue weighted by Crippen LogP contribution is -2.36. The van der Waals surface area contributed by atoms with Crippen molar-refractivity contribution in [2.24, 2.45) is 5.41 Å². The van der Waals surface area contributed by atoms with Crippen LogP contribution in [-0.2, 0) is 6.54 Å². The van der Waals surface area contributed by atoms with E-state index in [0.29, 0.717) is 22.7 Å². The van der Waals surface area contributed by atoms with Gasteiger partial charge in [-0.15, -0.1) is 0 Å². The van der Waals surface area contributed by atoms with Gasteiger partial charge in [0.25, 0.3) is 0 Å². The van der Waals surface area contributed by atoms with Gasteiger partial charge < -0.3 is 10.4 Å².